The van der Waals surface area contributed by atoms with E-state index in [0.717, 1.165) is 5.69 Å². The van der Waals surface area contributed by atoms with Crippen LogP contribution in [0.3, 0.4) is 0 Å². The molecule has 0 bridgehead atoms. The second-order valence-electron chi connectivity index (χ2n) is 7.50. The number of aromatic nitrogens is 3. The van der Waals surface area contributed by atoms with Crippen LogP contribution in [0, 0.1) is 19.7 Å². The first-order chi connectivity index (χ1) is 15.8. The van der Waals surface area contributed by atoms with Gasteiger partial charge in [0.15, 0.2) is 5.13 Å². The van der Waals surface area contributed by atoms with Gasteiger partial charge in [0.1, 0.15) is 5.82 Å². The normalized spacial score (nSPS) is 10.8. The molecule has 3 amide bonds. The number of thiazole rings is 1. The van der Waals surface area contributed by atoms with Gasteiger partial charge in [0.25, 0.3) is 5.91 Å². The second-order valence-corrected chi connectivity index (χ2v) is 8.36. The fourth-order valence-electron chi connectivity index (χ4n) is 3.32. The molecular formula is C22H27FN6O3S. The number of hydrogen-bond donors (Lipinski definition) is 2. The summed E-state index contributed by atoms with van der Waals surface area (Å²) in [5.41, 5.74) is 3.33. The molecule has 3 aromatic rings. The van der Waals surface area contributed by atoms with Gasteiger partial charge in [-0.15, -0.1) is 11.3 Å². The van der Waals surface area contributed by atoms with Gasteiger partial charge in [0.05, 0.1) is 36.6 Å². The molecule has 2 N–H and O–H groups in total. The summed E-state index contributed by atoms with van der Waals surface area (Å²) >= 11 is 1.26. The average molecular weight is 475 g/mol. The number of halogens is 1. The number of amides is 3. The van der Waals surface area contributed by atoms with Gasteiger partial charge in [0.2, 0.25) is 0 Å². The minimum atomic E-state index is -0.445. The maximum absolute atomic E-state index is 13.2. The molecule has 0 fully saturated rings. The van der Waals surface area contributed by atoms with Crippen LogP contribution in [0.4, 0.5) is 14.3 Å². The van der Waals surface area contributed by atoms with Crippen molar-refractivity contribution in [3.8, 4) is 0 Å². The zero-order chi connectivity index (χ0) is 24.0. The van der Waals surface area contributed by atoms with Crippen LogP contribution in [-0.4, -0.2) is 52.4 Å². The Morgan fingerprint density at radius 2 is 2.09 bits per heavy atom. The first kappa shape index (κ1) is 24.3. The Morgan fingerprint density at radius 3 is 2.82 bits per heavy atom. The van der Waals surface area contributed by atoms with Crippen LogP contribution in [0.2, 0.25) is 0 Å². The number of carbonyl (C=O) groups excluding carboxylic acids is 2. The van der Waals surface area contributed by atoms with Gasteiger partial charge in [-0.1, -0.05) is 12.1 Å². The molecule has 3 rings (SSSR count). The van der Waals surface area contributed by atoms with Gasteiger partial charge < -0.3 is 15.0 Å². The Hall–Kier alpha value is -3.31. The van der Waals surface area contributed by atoms with Crippen molar-refractivity contribution in [3.63, 3.8) is 0 Å². The SMILES string of the molecule is COCCn1nc(C)c(C(=O)N(C)Cc2csc(NC(=O)NCc3cccc(F)c3)n2)c1C. The highest BCUT2D eigenvalue weighted by Gasteiger charge is 2.22. The molecule has 1 aromatic carbocycles. The van der Waals surface area contributed by atoms with E-state index >= 15 is 0 Å². The van der Waals surface area contributed by atoms with E-state index in [0.29, 0.717) is 40.8 Å². The van der Waals surface area contributed by atoms with E-state index in [1.165, 1.54) is 23.5 Å². The van der Waals surface area contributed by atoms with Crippen molar-refractivity contribution in [1.29, 1.82) is 0 Å². The Balaban J connectivity index is 1.56. The third kappa shape index (κ3) is 6.36. The van der Waals surface area contributed by atoms with E-state index in [-0.39, 0.29) is 24.8 Å². The molecule has 0 spiro atoms. The van der Waals surface area contributed by atoms with Crippen molar-refractivity contribution in [1.82, 2.24) is 25.0 Å². The fraction of sp³-hybridized carbons (Fsp3) is 0.364. The molecule has 0 saturated heterocycles. The third-order valence-electron chi connectivity index (χ3n) is 4.96. The maximum atomic E-state index is 13.2. The van der Waals surface area contributed by atoms with E-state index in [1.807, 2.05) is 13.8 Å². The summed E-state index contributed by atoms with van der Waals surface area (Å²) in [6, 6.07) is 5.57. The van der Waals surface area contributed by atoms with Crippen LogP contribution in [-0.2, 0) is 24.4 Å². The van der Waals surface area contributed by atoms with Crippen molar-refractivity contribution >= 4 is 28.4 Å². The summed E-state index contributed by atoms with van der Waals surface area (Å²) in [6.07, 6.45) is 0. The lowest BCUT2D eigenvalue weighted by molar-refractivity contribution is 0.0782. The number of anilines is 1. The van der Waals surface area contributed by atoms with Crippen LogP contribution in [0.1, 0.15) is 33.0 Å². The smallest absolute Gasteiger partial charge is 0.321 e. The molecule has 33 heavy (non-hydrogen) atoms. The van der Waals surface area contributed by atoms with Crippen LogP contribution in [0.15, 0.2) is 29.6 Å². The molecule has 0 atom stereocenters. The number of carbonyl (C=O) groups is 2. The quantitative estimate of drug-likeness (QED) is 0.495. The Kier molecular flexibility index (Phi) is 8.12. The minimum absolute atomic E-state index is 0.149. The predicted octanol–water partition coefficient (Wildman–Crippen LogP) is 3.34. The molecule has 0 saturated carbocycles. The standard InChI is InChI=1S/C22H27FN6O3S/c1-14-19(15(2)29(27-14)8-9-32-4)20(30)28(3)12-18-13-33-22(25-18)26-21(31)24-11-16-6-5-7-17(23)10-16/h5-7,10,13H,8-9,11-12H2,1-4H3,(H2,24,25,26,31). The van der Waals surface area contributed by atoms with E-state index in [9.17, 15) is 14.0 Å². The summed E-state index contributed by atoms with van der Waals surface area (Å²) in [6.45, 7) is 5.23. The van der Waals surface area contributed by atoms with Crippen LogP contribution >= 0.6 is 11.3 Å². The number of aryl methyl sites for hydroxylation is 1. The average Bonchev–Trinajstić information content (AvgIpc) is 3.33. The second kappa shape index (κ2) is 11.0. The minimum Gasteiger partial charge on any atom is -0.383 e. The van der Waals surface area contributed by atoms with E-state index < -0.39 is 6.03 Å². The molecule has 0 aliphatic carbocycles. The molecule has 0 radical (unpaired) electrons. The van der Waals surface area contributed by atoms with Gasteiger partial charge in [-0.05, 0) is 31.5 Å². The molecule has 0 aliphatic rings. The molecule has 0 unspecified atom stereocenters. The highest BCUT2D eigenvalue weighted by Crippen LogP contribution is 2.19. The molecule has 0 aliphatic heterocycles. The molecule has 11 heteroatoms. The summed E-state index contributed by atoms with van der Waals surface area (Å²) in [4.78, 5) is 31.1. The lowest BCUT2D eigenvalue weighted by Crippen LogP contribution is -2.28. The van der Waals surface area contributed by atoms with Crippen LogP contribution < -0.4 is 10.6 Å². The number of nitrogens with zero attached hydrogens (tertiary/aromatic N) is 4. The lowest BCUT2D eigenvalue weighted by Gasteiger charge is -2.16. The molecule has 2 aromatic heterocycles. The molecule has 176 valence electrons. The Labute approximate surface area is 195 Å². The molecule has 2 heterocycles. The highest BCUT2D eigenvalue weighted by molar-refractivity contribution is 7.13. The summed E-state index contributed by atoms with van der Waals surface area (Å²) in [5.74, 6) is -0.505. The Bertz CT molecular complexity index is 1130. The van der Waals surface area contributed by atoms with E-state index in [2.05, 4.69) is 20.7 Å². The highest BCUT2D eigenvalue weighted by atomic mass is 32.1. The van der Waals surface area contributed by atoms with Crippen LogP contribution in [0.25, 0.3) is 0 Å². The predicted molar refractivity (Wildman–Crippen MR) is 124 cm³/mol. The number of methoxy groups -OCH3 is 1. The first-order valence-corrected chi connectivity index (χ1v) is 11.2. The van der Waals surface area contributed by atoms with Gasteiger partial charge >= 0.3 is 6.03 Å². The largest absolute Gasteiger partial charge is 0.383 e. The zero-order valence-electron chi connectivity index (χ0n) is 19.0. The van der Waals surface area contributed by atoms with Crippen molar-refractivity contribution < 1.29 is 18.7 Å². The topological polar surface area (TPSA) is 101 Å². The molecular weight excluding hydrogens is 447 g/mol. The Morgan fingerprint density at radius 1 is 1.30 bits per heavy atom. The van der Waals surface area contributed by atoms with E-state index in [1.54, 1.807) is 41.3 Å². The lowest BCUT2D eigenvalue weighted by atomic mass is 10.1. The zero-order valence-corrected chi connectivity index (χ0v) is 19.8. The number of benzene rings is 1. The van der Waals surface area contributed by atoms with E-state index in [4.69, 9.17) is 4.74 Å². The van der Waals surface area contributed by atoms with Gasteiger partial charge in [-0.25, -0.2) is 14.2 Å². The fourth-order valence-corrected chi connectivity index (χ4v) is 4.01. The van der Waals surface area contributed by atoms with Crippen molar-refractivity contribution in [2.75, 3.05) is 26.1 Å². The number of rotatable bonds is 9. The van der Waals surface area contributed by atoms with Gasteiger partial charge in [-0.3, -0.25) is 14.8 Å². The maximum Gasteiger partial charge on any atom is 0.321 e. The summed E-state index contributed by atoms with van der Waals surface area (Å²) < 4.78 is 20.1. The first-order valence-electron chi connectivity index (χ1n) is 10.3. The number of nitrogens with one attached hydrogen (secondary N) is 2. The third-order valence-corrected chi connectivity index (χ3v) is 5.77. The number of urea groups is 1. The van der Waals surface area contributed by atoms with Gasteiger partial charge in [0, 0.05) is 31.8 Å². The summed E-state index contributed by atoms with van der Waals surface area (Å²) in [7, 11) is 3.32. The van der Waals surface area contributed by atoms with Crippen molar-refractivity contribution in [2.24, 2.45) is 0 Å². The molecule has 9 nitrogen and oxygen atoms in total. The van der Waals surface area contributed by atoms with Crippen LogP contribution in [0.5, 0.6) is 0 Å². The number of hydrogen-bond acceptors (Lipinski definition) is 6. The van der Waals surface area contributed by atoms with Gasteiger partial charge in [-0.2, -0.15) is 5.10 Å². The number of ether oxygens (including phenoxy) is 1. The van der Waals surface area contributed by atoms with Crippen molar-refractivity contribution in [2.45, 2.75) is 33.5 Å². The van der Waals surface area contributed by atoms with Crippen molar-refractivity contribution in [3.05, 3.63) is 63.7 Å². The monoisotopic (exact) mass is 474 g/mol. The summed E-state index contributed by atoms with van der Waals surface area (Å²) in [5, 5.41) is 11.9.